The number of hydrogen-bond donors (Lipinski definition) is 3. The minimum atomic E-state index is -0.751. The average Bonchev–Trinajstić information content (AvgIpc) is 2.89. The van der Waals surface area contributed by atoms with Crippen molar-refractivity contribution >= 4 is 18.6 Å². The number of hydrogen-bond acceptors (Lipinski definition) is 4. The monoisotopic (exact) mass is 237 g/mol. The third kappa shape index (κ3) is 1.29. The molecule has 0 spiro atoms. The maximum absolute atomic E-state index is 11.3. The van der Waals surface area contributed by atoms with Crippen LogP contribution in [-0.4, -0.2) is 26.3 Å². The molecular formula is C10H11N3O2S. The normalized spacial score (nSPS) is 35.8. The third-order valence-corrected chi connectivity index (χ3v) is 3.75. The van der Waals surface area contributed by atoms with E-state index in [0.717, 1.165) is 6.42 Å². The second kappa shape index (κ2) is 3.35. The molecule has 0 aliphatic heterocycles. The van der Waals surface area contributed by atoms with E-state index in [2.05, 4.69) is 33.9 Å². The van der Waals surface area contributed by atoms with Crippen LogP contribution in [-0.2, 0) is 4.79 Å². The molecule has 16 heavy (non-hydrogen) atoms. The van der Waals surface area contributed by atoms with E-state index in [1.807, 2.05) is 6.08 Å². The molecule has 0 radical (unpaired) electrons. The molecule has 2 aliphatic carbocycles. The van der Waals surface area contributed by atoms with Gasteiger partial charge in [-0.05, 0) is 18.3 Å². The number of allylic oxidation sites excluding steroid dienone is 2. The Bertz CT molecular complexity index is 470. The number of thiol groups is 1. The van der Waals surface area contributed by atoms with Crippen molar-refractivity contribution in [2.24, 2.45) is 17.8 Å². The lowest BCUT2D eigenvalue weighted by atomic mass is 9.82. The molecule has 1 aromatic rings. The highest BCUT2D eigenvalue weighted by Crippen LogP contribution is 2.52. The summed E-state index contributed by atoms with van der Waals surface area (Å²) >= 11 is 4.05. The van der Waals surface area contributed by atoms with Crippen LogP contribution in [0.3, 0.4) is 0 Å². The predicted octanol–water partition coefficient (Wildman–Crippen LogP) is 1.08. The van der Waals surface area contributed by atoms with E-state index in [1.54, 1.807) is 0 Å². The highest BCUT2D eigenvalue weighted by Gasteiger charge is 2.50. The molecule has 84 valence electrons. The Labute approximate surface area is 97.4 Å². The smallest absolute Gasteiger partial charge is 0.307 e. The van der Waals surface area contributed by atoms with Crippen LogP contribution in [0, 0.1) is 17.8 Å². The average molecular weight is 237 g/mol. The molecule has 3 rings (SSSR count). The molecule has 4 unspecified atom stereocenters. The lowest BCUT2D eigenvalue weighted by Gasteiger charge is -2.22. The van der Waals surface area contributed by atoms with Crippen molar-refractivity contribution in [1.82, 2.24) is 15.2 Å². The first kappa shape index (κ1) is 9.89. The predicted molar refractivity (Wildman–Crippen MR) is 58.2 cm³/mol. The Balaban J connectivity index is 2.00. The van der Waals surface area contributed by atoms with Crippen molar-refractivity contribution in [3.8, 4) is 0 Å². The van der Waals surface area contributed by atoms with E-state index in [0.29, 0.717) is 11.0 Å². The summed E-state index contributed by atoms with van der Waals surface area (Å²) in [6.07, 6.45) is 5.01. The summed E-state index contributed by atoms with van der Waals surface area (Å²) in [5.74, 6) is -0.155. The van der Waals surface area contributed by atoms with Crippen molar-refractivity contribution < 1.29 is 9.90 Å². The third-order valence-electron chi connectivity index (χ3n) is 3.55. The summed E-state index contributed by atoms with van der Waals surface area (Å²) < 4.78 is 0. The van der Waals surface area contributed by atoms with Gasteiger partial charge in [0, 0.05) is 5.92 Å². The van der Waals surface area contributed by atoms with Crippen LogP contribution in [0.1, 0.15) is 18.2 Å². The first-order valence-corrected chi connectivity index (χ1v) is 5.64. The Morgan fingerprint density at radius 1 is 1.44 bits per heavy atom. The molecule has 1 saturated carbocycles. The zero-order valence-corrected chi connectivity index (χ0v) is 9.26. The number of nitrogens with zero attached hydrogens (tertiary/aromatic N) is 2. The van der Waals surface area contributed by atoms with Crippen LogP contribution in [0.4, 0.5) is 0 Å². The molecule has 2 bridgehead atoms. The number of nitrogens with one attached hydrogen (secondary N) is 1. The molecule has 0 saturated heterocycles. The van der Waals surface area contributed by atoms with Crippen LogP contribution in [0.15, 0.2) is 17.3 Å². The summed E-state index contributed by atoms with van der Waals surface area (Å²) in [6, 6.07) is 0. The van der Waals surface area contributed by atoms with Gasteiger partial charge in [-0.25, -0.2) is 0 Å². The van der Waals surface area contributed by atoms with E-state index >= 15 is 0 Å². The molecule has 5 nitrogen and oxygen atoms in total. The molecule has 0 amide bonds. The molecule has 4 atom stereocenters. The molecule has 6 heteroatoms. The van der Waals surface area contributed by atoms with Crippen LogP contribution in [0.25, 0.3) is 0 Å². The largest absolute Gasteiger partial charge is 0.481 e. The van der Waals surface area contributed by atoms with Gasteiger partial charge >= 0.3 is 5.97 Å². The SMILES string of the molecule is O=C(O)C1C2C=CC(C2)C1c1nnc(S)[nH]1. The summed E-state index contributed by atoms with van der Waals surface area (Å²) in [7, 11) is 0. The van der Waals surface area contributed by atoms with Crippen LogP contribution >= 0.6 is 12.6 Å². The van der Waals surface area contributed by atoms with Gasteiger partial charge in [0.05, 0.1) is 5.92 Å². The fourth-order valence-electron chi connectivity index (χ4n) is 2.95. The molecule has 0 aromatic carbocycles. The minimum absolute atomic E-state index is 0.0825. The number of fused-ring (bicyclic) bond motifs is 2. The van der Waals surface area contributed by atoms with Crippen LogP contribution < -0.4 is 0 Å². The zero-order valence-electron chi connectivity index (χ0n) is 8.37. The van der Waals surface area contributed by atoms with Gasteiger partial charge < -0.3 is 10.1 Å². The Morgan fingerprint density at radius 3 is 2.81 bits per heavy atom. The highest BCUT2D eigenvalue weighted by molar-refractivity contribution is 7.80. The summed E-state index contributed by atoms with van der Waals surface area (Å²) in [5.41, 5.74) is 0. The molecular weight excluding hydrogens is 226 g/mol. The van der Waals surface area contributed by atoms with Gasteiger partial charge in [0.15, 0.2) is 5.16 Å². The van der Waals surface area contributed by atoms with Gasteiger partial charge in [-0.2, -0.15) is 0 Å². The number of carboxylic acids is 1. The molecule has 1 aromatic heterocycles. The Kier molecular flexibility index (Phi) is 2.07. The Morgan fingerprint density at radius 2 is 2.19 bits per heavy atom. The minimum Gasteiger partial charge on any atom is -0.481 e. The fourth-order valence-corrected chi connectivity index (χ4v) is 3.11. The number of aliphatic carboxylic acids is 1. The molecule has 1 fully saturated rings. The summed E-state index contributed by atoms with van der Waals surface area (Å²) in [4.78, 5) is 14.2. The van der Waals surface area contributed by atoms with Gasteiger partial charge in [-0.1, -0.05) is 12.2 Å². The Hall–Kier alpha value is -1.30. The number of H-pyrrole nitrogens is 1. The maximum atomic E-state index is 11.3. The van der Waals surface area contributed by atoms with Crippen molar-refractivity contribution in [2.45, 2.75) is 17.5 Å². The van der Waals surface area contributed by atoms with Crippen molar-refractivity contribution in [1.29, 1.82) is 0 Å². The highest BCUT2D eigenvalue weighted by atomic mass is 32.1. The quantitative estimate of drug-likeness (QED) is 0.531. The van der Waals surface area contributed by atoms with Gasteiger partial charge in [-0.3, -0.25) is 4.79 Å². The standard InChI is InChI=1S/C10H11N3O2S/c14-9(15)7-5-2-1-4(3-5)6(7)8-11-10(16)13-12-8/h1-2,4-7H,3H2,(H,14,15)(H2,11,12,13,16). The second-order valence-corrected chi connectivity index (χ2v) is 4.80. The van der Waals surface area contributed by atoms with Crippen LogP contribution in [0.5, 0.6) is 0 Å². The second-order valence-electron chi connectivity index (χ2n) is 4.37. The fraction of sp³-hybridized carbons (Fsp3) is 0.500. The summed E-state index contributed by atoms with van der Waals surface area (Å²) in [5, 5.41) is 17.4. The lowest BCUT2D eigenvalue weighted by Crippen LogP contribution is -2.26. The topological polar surface area (TPSA) is 78.9 Å². The van der Waals surface area contributed by atoms with Gasteiger partial charge in [0.2, 0.25) is 0 Å². The summed E-state index contributed by atoms with van der Waals surface area (Å²) in [6.45, 7) is 0. The van der Waals surface area contributed by atoms with E-state index < -0.39 is 5.97 Å². The number of carbonyl (C=O) groups is 1. The molecule has 1 heterocycles. The van der Waals surface area contributed by atoms with Crippen molar-refractivity contribution in [3.63, 3.8) is 0 Å². The van der Waals surface area contributed by atoms with E-state index in [9.17, 15) is 9.90 Å². The zero-order chi connectivity index (χ0) is 11.3. The molecule has 2 aliphatic rings. The first-order chi connectivity index (χ1) is 7.66. The van der Waals surface area contributed by atoms with Crippen LogP contribution in [0.2, 0.25) is 0 Å². The number of rotatable bonds is 2. The van der Waals surface area contributed by atoms with Crippen molar-refractivity contribution in [3.05, 3.63) is 18.0 Å². The number of aromatic amines is 1. The van der Waals surface area contributed by atoms with E-state index in [-0.39, 0.29) is 23.7 Å². The number of carboxylic acid groups (broad SMARTS) is 1. The van der Waals surface area contributed by atoms with E-state index in [1.165, 1.54) is 0 Å². The maximum Gasteiger partial charge on any atom is 0.307 e. The molecule has 2 N–H and O–H groups in total. The van der Waals surface area contributed by atoms with Gasteiger partial charge in [0.25, 0.3) is 0 Å². The first-order valence-electron chi connectivity index (χ1n) is 5.19. The van der Waals surface area contributed by atoms with Gasteiger partial charge in [-0.15, -0.1) is 22.8 Å². The van der Waals surface area contributed by atoms with E-state index in [4.69, 9.17) is 0 Å². The van der Waals surface area contributed by atoms with Crippen molar-refractivity contribution in [2.75, 3.05) is 0 Å². The lowest BCUT2D eigenvalue weighted by molar-refractivity contribution is -0.143. The number of aromatic nitrogens is 3. The van der Waals surface area contributed by atoms with Gasteiger partial charge in [0.1, 0.15) is 5.82 Å².